The van der Waals surface area contributed by atoms with E-state index in [9.17, 15) is 13.2 Å². The fraction of sp³-hybridized carbons (Fsp3) is 0.579. The molecule has 8 nitrogen and oxygen atoms in total. The molecule has 0 aliphatic carbocycles. The summed E-state index contributed by atoms with van der Waals surface area (Å²) in [4.78, 5) is 13.8. The third-order valence-electron chi connectivity index (χ3n) is 4.19. The summed E-state index contributed by atoms with van der Waals surface area (Å²) < 4.78 is 40.0. The fourth-order valence-electron chi connectivity index (χ4n) is 2.89. The second-order valence-corrected chi connectivity index (χ2v) is 7.15. The molecule has 0 saturated heterocycles. The smallest absolute Gasteiger partial charge is 0.357 e. The first-order chi connectivity index (χ1) is 14.1. The molecule has 0 unspecified atom stereocenters. The van der Waals surface area contributed by atoms with Crippen molar-refractivity contribution in [3.63, 3.8) is 0 Å². The molecule has 0 bridgehead atoms. The van der Waals surface area contributed by atoms with Gasteiger partial charge in [-0.15, -0.1) is 0 Å². The van der Waals surface area contributed by atoms with Crippen molar-refractivity contribution in [3.8, 4) is 0 Å². The Hall–Kier alpha value is -2.85. The molecular weight excluding hydrogens is 397 g/mol. The molecular formula is C19H29F3N8. The number of aryl methyl sites for hydroxylation is 1. The van der Waals surface area contributed by atoms with Gasteiger partial charge in [-0.25, -0.2) is 9.97 Å². The van der Waals surface area contributed by atoms with Crippen LogP contribution in [0.2, 0.25) is 0 Å². The van der Waals surface area contributed by atoms with Crippen molar-refractivity contribution in [2.75, 3.05) is 32.0 Å². The third-order valence-corrected chi connectivity index (χ3v) is 4.19. The average Bonchev–Trinajstić information content (AvgIpc) is 3.04. The van der Waals surface area contributed by atoms with E-state index in [2.05, 4.69) is 44.5 Å². The molecule has 0 aliphatic heterocycles. The highest BCUT2D eigenvalue weighted by molar-refractivity contribution is 5.79. The fourth-order valence-corrected chi connectivity index (χ4v) is 2.89. The van der Waals surface area contributed by atoms with Gasteiger partial charge in [0.15, 0.2) is 5.96 Å². The largest absolute Gasteiger partial charge is 0.433 e. The predicted octanol–water partition coefficient (Wildman–Crippen LogP) is 2.86. The molecule has 2 aromatic heterocycles. The zero-order valence-corrected chi connectivity index (χ0v) is 18.0. The highest BCUT2D eigenvalue weighted by atomic mass is 19.4. The van der Waals surface area contributed by atoms with E-state index < -0.39 is 11.9 Å². The molecule has 0 aromatic carbocycles. The summed E-state index contributed by atoms with van der Waals surface area (Å²) in [5.41, 5.74) is 1.19. The first-order valence-corrected chi connectivity index (χ1v) is 9.77. The van der Waals surface area contributed by atoms with Crippen LogP contribution in [0.4, 0.5) is 19.1 Å². The van der Waals surface area contributed by atoms with E-state index in [4.69, 9.17) is 0 Å². The van der Waals surface area contributed by atoms with Crippen molar-refractivity contribution < 1.29 is 13.2 Å². The summed E-state index contributed by atoms with van der Waals surface area (Å²) in [6.07, 6.45) is -1.42. The van der Waals surface area contributed by atoms with Crippen LogP contribution in [-0.2, 0) is 19.8 Å². The number of guanidine groups is 1. The topological polar surface area (TPSA) is 83.3 Å². The van der Waals surface area contributed by atoms with Gasteiger partial charge in [0.05, 0.1) is 12.2 Å². The van der Waals surface area contributed by atoms with E-state index in [1.165, 1.54) is 0 Å². The normalized spacial score (nSPS) is 12.4. The molecule has 0 spiro atoms. The number of halogens is 3. The number of nitrogens with zero attached hydrogens (tertiary/aromatic N) is 6. The van der Waals surface area contributed by atoms with E-state index in [0.717, 1.165) is 23.5 Å². The number of aromatic nitrogens is 4. The van der Waals surface area contributed by atoms with Crippen LogP contribution in [0.3, 0.4) is 0 Å². The van der Waals surface area contributed by atoms with E-state index in [1.807, 2.05) is 36.8 Å². The Bertz CT molecular complexity index is 845. The van der Waals surface area contributed by atoms with Crippen molar-refractivity contribution in [2.45, 2.75) is 39.4 Å². The molecule has 2 aromatic rings. The molecule has 0 fully saturated rings. The summed E-state index contributed by atoms with van der Waals surface area (Å²) in [6, 6.07) is 0.839. The van der Waals surface area contributed by atoms with E-state index in [-0.39, 0.29) is 5.95 Å². The molecule has 30 heavy (non-hydrogen) atoms. The minimum atomic E-state index is -4.50. The minimum absolute atomic E-state index is 0.0738. The number of rotatable bonds is 8. The lowest BCUT2D eigenvalue weighted by molar-refractivity contribution is -0.141. The van der Waals surface area contributed by atoms with E-state index in [0.29, 0.717) is 38.1 Å². The molecule has 0 radical (unpaired) electrons. The lowest BCUT2D eigenvalue weighted by atomic mass is 10.1. The Labute approximate surface area is 174 Å². The van der Waals surface area contributed by atoms with Crippen molar-refractivity contribution in [1.29, 1.82) is 0 Å². The summed E-state index contributed by atoms with van der Waals surface area (Å²) in [5.74, 6) is 0.934. The quantitative estimate of drug-likeness (QED) is 0.384. The number of hydrogen-bond acceptors (Lipinski definition) is 5. The van der Waals surface area contributed by atoms with Gasteiger partial charge in [0.25, 0.3) is 0 Å². The van der Waals surface area contributed by atoms with E-state index in [1.54, 1.807) is 0 Å². The zero-order chi connectivity index (χ0) is 22.3. The predicted molar refractivity (Wildman–Crippen MR) is 110 cm³/mol. The van der Waals surface area contributed by atoms with Gasteiger partial charge in [-0.3, -0.25) is 9.67 Å². The number of anilines is 1. The summed E-state index contributed by atoms with van der Waals surface area (Å²) >= 11 is 0. The molecule has 0 saturated carbocycles. The number of aliphatic imine (C=N–C) groups is 1. The van der Waals surface area contributed by atoms with Crippen LogP contribution < -0.4 is 10.6 Å². The van der Waals surface area contributed by atoms with Gasteiger partial charge in [-0.05, 0) is 18.9 Å². The monoisotopic (exact) mass is 426 g/mol. The highest BCUT2D eigenvalue weighted by Gasteiger charge is 2.32. The van der Waals surface area contributed by atoms with E-state index >= 15 is 0 Å². The van der Waals surface area contributed by atoms with Crippen molar-refractivity contribution >= 4 is 11.9 Å². The Morgan fingerprint density at radius 3 is 2.70 bits per heavy atom. The SMILES string of the molecule is CCNC(=NCCNc1nccc(C(F)(F)F)n1)N(C)Cc1cn(C)nc1C(C)C. The van der Waals surface area contributed by atoms with Crippen LogP contribution in [0.5, 0.6) is 0 Å². The molecule has 11 heteroatoms. The first kappa shape index (κ1) is 23.4. The number of nitrogens with one attached hydrogen (secondary N) is 2. The van der Waals surface area contributed by atoms with Gasteiger partial charge >= 0.3 is 6.18 Å². The van der Waals surface area contributed by atoms with Gasteiger partial charge < -0.3 is 15.5 Å². The Morgan fingerprint density at radius 1 is 1.33 bits per heavy atom. The van der Waals surface area contributed by atoms with Crippen LogP contribution in [0.1, 0.15) is 43.6 Å². The maximum atomic E-state index is 12.7. The number of hydrogen-bond donors (Lipinski definition) is 2. The molecule has 166 valence electrons. The minimum Gasteiger partial charge on any atom is -0.357 e. The van der Waals surface area contributed by atoms with Gasteiger partial charge in [0.2, 0.25) is 5.95 Å². The van der Waals surface area contributed by atoms with Gasteiger partial charge in [0.1, 0.15) is 5.69 Å². The maximum Gasteiger partial charge on any atom is 0.433 e. The third kappa shape index (κ3) is 6.60. The van der Waals surface area contributed by atoms with Crippen LogP contribution in [-0.4, -0.2) is 57.3 Å². The van der Waals surface area contributed by atoms with Crippen molar-refractivity contribution in [2.24, 2.45) is 12.0 Å². The Balaban J connectivity index is 1.99. The second-order valence-electron chi connectivity index (χ2n) is 7.15. The Morgan fingerprint density at radius 2 is 2.07 bits per heavy atom. The number of alkyl halides is 3. The molecule has 2 heterocycles. The summed E-state index contributed by atoms with van der Waals surface area (Å²) in [5, 5.41) is 10.5. The van der Waals surface area contributed by atoms with Crippen molar-refractivity contribution in [1.82, 2.24) is 30.0 Å². The molecule has 2 N–H and O–H groups in total. The molecule has 2 rings (SSSR count). The second kappa shape index (κ2) is 10.3. The zero-order valence-electron chi connectivity index (χ0n) is 18.0. The van der Waals surface area contributed by atoms with Gasteiger partial charge in [-0.2, -0.15) is 18.3 Å². The van der Waals surface area contributed by atoms with Crippen LogP contribution in [0.25, 0.3) is 0 Å². The summed E-state index contributed by atoms with van der Waals surface area (Å²) in [7, 11) is 3.83. The van der Waals surface area contributed by atoms with Crippen molar-refractivity contribution in [3.05, 3.63) is 35.4 Å². The van der Waals surface area contributed by atoms with Gasteiger partial charge in [0, 0.05) is 51.7 Å². The van der Waals surface area contributed by atoms with Gasteiger partial charge in [-0.1, -0.05) is 13.8 Å². The molecule has 0 aliphatic rings. The maximum absolute atomic E-state index is 12.7. The molecule has 0 atom stereocenters. The summed E-state index contributed by atoms with van der Waals surface area (Å²) in [6.45, 7) is 8.15. The Kier molecular flexibility index (Phi) is 8.01. The van der Waals surface area contributed by atoms with Crippen LogP contribution in [0.15, 0.2) is 23.5 Å². The average molecular weight is 426 g/mol. The lowest BCUT2D eigenvalue weighted by Crippen LogP contribution is -2.39. The standard InChI is InChI=1S/C19H29F3N8/c1-6-23-18(29(4)11-14-12-30(5)28-16(14)13(2)3)26-10-9-25-17-24-8-7-15(27-17)19(20,21)22/h7-8,12-13H,6,9-11H2,1-5H3,(H,23,26)(H,24,25,27). The highest BCUT2D eigenvalue weighted by Crippen LogP contribution is 2.27. The first-order valence-electron chi connectivity index (χ1n) is 9.77. The molecule has 0 amide bonds. The van der Waals surface area contributed by atoms with Crippen LogP contribution >= 0.6 is 0 Å². The lowest BCUT2D eigenvalue weighted by Gasteiger charge is -2.22. The van der Waals surface area contributed by atoms with Crippen LogP contribution in [0, 0.1) is 0 Å².